The number of carbonyl (C=O) groups excluding carboxylic acids is 1. The first kappa shape index (κ1) is 19.4. The molecule has 142 valence electrons. The molecule has 0 aliphatic heterocycles. The van der Waals surface area contributed by atoms with Gasteiger partial charge in [-0.15, -0.1) is 0 Å². The van der Waals surface area contributed by atoms with Crippen LogP contribution in [0.2, 0.25) is 0 Å². The third-order valence-corrected chi connectivity index (χ3v) is 6.12. The number of rotatable bonds is 7. The monoisotopic (exact) mass is 384 g/mol. The zero-order valence-electron chi connectivity index (χ0n) is 15.9. The van der Waals surface area contributed by atoms with Gasteiger partial charge in [-0.25, -0.2) is 4.98 Å². The van der Waals surface area contributed by atoms with Crippen molar-refractivity contribution in [3.05, 3.63) is 34.6 Å². The number of aromatic nitrogens is 2. The fourth-order valence-electron chi connectivity index (χ4n) is 3.14. The van der Waals surface area contributed by atoms with Crippen molar-refractivity contribution in [1.29, 1.82) is 5.26 Å². The molecule has 2 aromatic rings. The van der Waals surface area contributed by atoms with E-state index in [4.69, 9.17) is 0 Å². The van der Waals surface area contributed by atoms with E-state index in [1.807, 2.05) is 32.0 Å². The number of para-hydroxylation sites is 1. The highest BCUT2D eigenvalue weighted by atomic mass is 32.2. The third-order valence-electron chi connectivity index (χ3n) is 5.16. The Kier molecular flexibility index (Phi) is 5.56. The number of benzene rings is 1. The second kappa shape index (κ2) is 7.73. The summed E-state index contributed by atoms with van der Waals surface area (Å²) in [5.74, 6) is 0.133. The number of nitrogens with zero attached hydrogens (tertiary/aromatic N) is 3. The van der Waals surface area contributed by atoms with E-state index in [0.717, 1.165) is 19.3 Å². The Bertz CT molecular complexity index is 961. The van der Waals surface area contributed by atoms with Gasteiger partial charge in [0.05, 0.1) is 22.7 Å². The summed E-state index contributed by atoms with van der Waals surface area (Å²) in [5, 5.41) is 13.4. The molecule has 0 radical (unpaired) electrons. The Morgan fingerprint density at radius 3 is 2.81 bits per heavy atom. The molecule has 0 unspecified atom stereocenters. The van der Waals surface area contributed by atoms with Crippen LogP contribution < -0.4 is 10.9 Å². The van der Waals surface area contributed by atoms with Crippen LogP contribution in [0.5, 0.6) is 0 Å². The van der Waals surface area contributed by atoms with Crippen molar-refractivity contribution in [3.63, 3.8) is 0 Å². The summed E-state index contributed by atoms with van der Waals surface area (Å²) in [7, 11) is 0. The Morgan fingerprint density at radius 2 is 2.19 bits per heavy atom. The number of hydrogen-bond donors (Lipinski definition) is 1. The van der Waals surface area contributed by atoms with Crippen molar-refractivity contribution < 1.29 is 4.79 Å². The van der Waals surface area contributed by atoms with Crippen molar-refractivity contribution in [3.8, 4) is 6.07 Å². The summed E-state index contributed by atoms with van der Waals surface area (Å²) in [6, 6.07) is 9.47. The first-order valence-corrected chi connectivity index (χ1v) is 10.2. The Labute approximate surface area is 163 Å². The molecule has 1 aromatic heterocycles. The average Bonchev–Trinajstić information content (AvgIpc) is 3.51. The van der Waals surface area contributed by atoms with E-state index in [9.17, 15) is 14.9 Å². The summed E-state index contributed by atoms with van der Waals surface area (Å²) in [4.78, 5) is 30.0. The third kappa shape index (κ3) is 4.01. The molecule has 6 nitrogen and oxygen atoms in total. The normalized spacial score (nSPS) is 17.1. The fraction of sp³-hybridized carbons (Fsp3) is 0.500. The number of nitrogens with one attached hydrogen (secondary N) is 1. The molecule has 1 amide bonds. The molecule has 1 fully saturated rings. The van der Waals surface area contributed by atoms with Gasteiger partial charge in [-0.3, -0.25) is 14.2 Å². The summed E-state index contributed by atoms with van der Waals surface area (Å²) >= 11 is 1.24. The van der Waals surface area contributed by atoms with Crippen molar-refractivity contribution in [2.24, 2.45) is 5.92 Å². The molecular weight excluding hydrogens is 360 g/mol. The van der Waals surface area contributed by atoms with Gasteiger partial charge in [0.25, 0.3) is 5.56 Å². The van der Waals surface area contributed by atoms with Crippen LogP contribution >= 0.6 is 11.8 Å². The quantitative estimate of drug-likeness (QED) is 0.585. The molecule has 1 saturated carbocycles. The molecule has 0 saturated heterocycles. The zero-order chi connectivity index (χ0) is 19.6. The van der Waals surface area contributed by atoms with Crippen LogP contribution in [0.4, 0.5) is 0 Å². The number of hydrogen-bond acceptors (Lipinski definition) is 5. The van der Waals surface area contributed by atoms with Gasteiger partial charge in [0.1, 0.15) is 5.54 Å². The Morgan fingerprint density at radius 1 is 1.48 bits per heavy atom. The van der Waals surface area contributed by atoms with Crippen molar-refractivity contribution in [2.75, 3.05) is 5.75 Å². The SMILES string of the molecule is CC[C@H](C)n1c(SCC(=O)N[C@@](C)(C#N)C2CC2)nc2ccccc2c1=O. The van der Waals surface area contributed by atoms with Crippen LogP contribution in [0.15, 0.2) is 34.2 Å². The van der Waals surface area contributed by atoms with Gasteiger partial charge in [-0.05, 0) is 51.2 Å². The fourth-order valence-corrected chi connectivity index (χ4v) is 4.03. The van der Waals surface area contributed by atoms with Gasteiger partial charge in [0.15, 0.2) is 5.16 Å². The highest BCUT2D eigenvalue weighted by Gasteiger charge is 2.43. The minimum atomic E-state index is -0.815. The summed E-state index contributed by atoms with van der Waals surface area (Å²) in [6.45, 7) is 5.76. The highest BCUT2D eigenvalue weighted by molar-refractivity contribution is 7.99. The lowest BCUT2D eigenvalue weighted by atomic mass is 9.98. The Balaban J connectivity index is 1.84. The van der Waals surface area contributed by atoms with Crippen LogP contribution in [0, 0.1) is 17.2 Å². The maximum absolute atomic E-state index is 12.9. The number of carbonyl (C=O) groups is 1. The van der Waals surface area contributed by atoms with E-state index in [1.165, 1.54) is 11.8 Å². The van der Waals surface area contributed by atoms with Gasteiger partial charge in [-0.1, -0.05) is 30.8 Å². The standard InChI is InChI=1S/C20H24N4O2S/c1-4-13(2)24-18(26)15-7-5-6-8-16(15)22-19(24)27-11-17(25)23-20(3,12-21)14-9-10-14/h5-8,13-14H,4,9-11H2,1-3H3,(H,23,25)/t13-,20-/m0/s1. The van der Waals surface area contributed by atoms with Crippen LogP contribution in [-0.4, -0.2) is 26.8 Å². The van der Waals surface area contributed by atoms with Crippen LogP contribution in [0.1, 0.15) is 46.1 Å². The molecule has 7 heteroatoms. The van der Waals surface area contributed by atoms with E-state index in [-0.39, 0.29) is 29.2 Å². The zero-order valence-corrected chi connectivity index (χ0v) is 16.7. The summed E-state index contributed by atoms with van der Waals surface area (Å²) in [5.41, 5.74) is -0.271. The summed E-state index contributed by atoms with van der Waals surface area (Å²) in [6.07, 6.45) is 2.72. The van der Waals surface area contributed by atoms with Gasteiger partial charge in [0.2, 0.25) is 5.91 Å². The molecule has 1 N–H and O–H groups in total. The second-order valence-corrected chi connectivity index (χ2v) is 8.21. The van der Waals surface area contributed by atoms with Gasteiger partial charge in [-0.2, -0.15) is 5.26 Å². The lowest BCUT2D eigenvalue weighted by molar-refractivity contribution is -0.119. The largest absolute Gasteiger partial charge is 0.337 e. The van der Waals surface area contributed by atoms with Crippen molar-refractivity contribution in [2.45, 2.75) is 56.8 Å². The van der Waals surface area contributed by atoms with Crippen LogP contribution in [0.3, 0.4) is 0 Å². The lowest BCUT2D eigenvalue weighted by Gasteiger charge is -2.23. The van der Waals surface area contributed by atoms with Gasteiger partial charge >= 0.3 is 0 Å². The number of fused-ring (bicyclic) bond motifs is 1. The molecule has 0 spiro atoms. The maximum atomic E-state index is 12.9. The number of nitriles is 1. The number of amides is 1. The summed E-state index contributed by atoms with van der Waals surface area (Å²) < 4.78 is 1.67. The topological polar surface area (TPSA) is 87.8 Å². The molecule has 1 aliphatic carbocycles. The van der Waals surface area contributed by atoms with Crippen molar-refractivity contribution in [1.82, 2.24) is 14.9 Å². The average molecular weight is 385 g/mol. The van der Waals surface area contributed by atoms with E-state index in [1.54, 1.807) is 17.6 Å². The highest BCUT2D eigenvalue weighted by Crippen LogP contribution is 2.39. The van der Waals surface area contributed by atoms with E-state index >= 15 is 0 Å². The van der Waals surface area contributed by atoms with Crippen molar-refractivity contribution >= 4 is 28.6 Å². The molecule has 2 atom stereocenters. The Hall–Kier alpha value is -2.33. The number of thioether (sulfide) groups is 1. The van der Waals surface area contributed by atoms with Crippen LogP contribution in [0.25, 0.3) is 10.9 Å². The predicted octanol–water partition coefficient (Wildman–Crippen LogP) is 3.27. The van der Waals surface area contributed by atoms with Gasteiger partial charge in [0, 0.05) is 6.04 Å². The first-order chi connectivity index (χ1) is 12.9. The molecule has 3 rings (SSSR count). The molecule has 0 bridgehead atoms. The molecule has 27 heavy (non-hydrogen) atoms. The predicted molar refractivity (Wildman–Crippen MR) is 107 cm³/mol. The molecule has 1 aromatic carbocycles. The molecule has 1 heterocycles. The lowest BCUT2D eigenvalue weighted by Crippen LogP contribution is -2.47. The molecular formula is C20H24N4O2S. The maximum Gasteiger partial charge on any atom is 0.262 e. The minimum absolute atomic E-state index is 0.0176. The molecule has 1 aliphatic rings. The van der Waals surface area contributed by atoms with E-state index in [2.05, 4.69) is 16.4 Å². The second-order valence-electron chi connectivity index (χ2n) is 7.27. The minimum Gasteiger partial charge on any atom is -0.337 e. The van der Waals surface area contributed by atoms with E-state index < -0.39 is 5.54 Å². The van der Waals surface area contributed by atoms with E-state index in [0.29, 0.717) is 16.1 Å². The smallest absolute Gasteiger partial charge is 0.262 e. The van der Waals surface area contributed by atoms with Crippen LogP contribution in [-0.2, 0) is 4.79 Å². The van der Waals surface area contributed by atoms with Gasteiger partial charge < -0.3 is 5.32 Å². The first-order valence-electron chi connectivity index (χ1n) is 9.26.